The quantitative estimate of drug-likeness (QED) is 0.782. The highest BCUT2D eigenvalue weighted by Gasteiger charge is 2.37. The molecule has 0 saturated carbocycles. The van der Waals surface area contributed by atoms with E-state index in [-0.39, 0.29) is 18.7 Å². The molecule has 0 aliphatic carbocycles. The van der Waals surface area contributed by atoms with Crippen molar-refractivity contribution in [1.82, 2.24) is 5.01 Å². The number of carbonyl (C=O) groups excluding carboxylic acids is 2. The van der Waals surface area contributed by atoms with Gasteiger partial charge in [-0.15, -0.1) is 0 Å². The van der Waals surface area contributed by atoms with Crippen LogP contribution in [0.1, 0.15) is 42.1 Å². The first-order valence-electron chi connectivity index (χ1n) is 9.45. The molecule has 0 aromatic heterocycles. The van der Waals surface area contributed by atoms with Gasteiger partial charge in [0.2, 0.25) is 0 Å². The van der Waals surface area contributed by atoms with E-state index in [4.69, 9.17) is 4.74 Å². The molecule has 0 spiro atoms. The highest BCUT2D eigenvalue weighted by molar-refractivity contribution is 6.03. The van der Waals surface area contributed by atoms with Crippen LogP contribution in [0.5, 0.6) is 0 Å². The molecule has 3 rings (SSSR count). The van der Waals surface area contributed by atoms with E-state index in [0.717, 1.165) is 5.56 Å². The molecule has 1 amide bonds. The third-order valence-corrected chi connectivity index (χ3v) is 4.57. The summed E-state index contributed by atoms with van der Waals surface area (Å²) in [7, 11) is 0. The molecular formula is C22H24N2O4. The standard InChI is InChI=1S/C22H24N2O4/c1-2-13-28-21(26)15-19-20(25)14-18(16-9-5-3-6-10-16)23-24(19)22(27)17-11-7-4-8-12-17/h3-12,19-20,25H,2,13-15H2,1H3/t19-,20-/m1/s1. The number of carbonyl (C=O) groups is 2. The zero-order valence-electron chi connectivity index (χ0n) is 15.8. The van der Waals surface area contributed by atoms with Gasteiger partial charge in [-0.2, -0.15) is 5.10 Å². The second-order valence-electron chi connectivity index (χ2n) is 6.69. The van der Waals surface area contributed by atoms with Gasteiger partial charge in [-0.3, -0.25) is 9.59 Å². The number of aliphatic hydroxyl groups excluding tert-OH is 1. The number of hydrogen-bond donors (Lipinski definition) is 1. The van der Waals surface area contributed by atoms with Gasteiger partial charge in [-0.25, -0.2) is 5.01 Å². The molecule has 2 aromatic rings. The zero-order chi connectivity index (χ0) is 19.9. The summed E-state index contributed by atoms with van der Waals surface area (Å²) in [6, 6.07) is 17.4. The predicted octanol–water partition coefficient (Wildman–Crippen LogP) is 3.01. The van der Waals surface area contributed by atoms with Crippen LogP contribution >= 0.6 is 0 Å². The van der Waals surface area contributed by atoms with Crippen LogP contribution in [0, 0.1) is 0 Å². The fraction of sp³-hybridized carbons (Fsp3) is 0.318. The van der Waals surface area contributed by atoms with E-state index in [1.54, 1.807) is 24.3 Å². The Balaban J connectivity index is 1.92. The zero-order valence-corrected chi connectivity index (χ0v) is 15.8. The smallest absolute Gasteiger partial charge is 0.308 e. The van der Waals surface area contributed by atoms with Gasteiger partial charge in [0.25, 0.3) is 5.91 Å². The van der Waals surface area contributed by atoms with Crippen molar-refractivity contribution in [3.05, 3.63) is 71.8 Å². The lowest BCUT2D eigenvalue weighted by molar-refractivity contribution is -0.146. The number of ether oxygens (including phenoxy) is 1. The summed E-state index contributed by atoms with van der Waals surface area (Å²) in [6.45, 7) is 2.22. The molecule has 146 valence electrons. The van der Waals surface area contributed by atoms with Crippen molar-refractivity contribution in [3.8, 4) is 0 Å². The Labute approximate surface area is 164 Å². The van der Waals surface area contributed by atoms with Gasteiger partial charge in [0, 0.05) is 12.0 Å². The van der Waals surface area contributed by atoms with Crippen LogP contribution in [0.15, 0.2) is 65.8 Å². The number of nitrogens with zero attached hydrogens (tertiary/aromatic N) is 2. The van der Waals surface area contributed by atoms with Gasteiger partial charge in [-0.1, -0.05) is 55.5 Å². The minimum absolute atomic E-state index is 0.106. The van der Waals surface area contributed by atoms with E-state index in [1.807, 2.05) is 43.3 Å². The summed E-state index contributed by atoms with van der Waals surface area (Å²) in [4.78, 5) is 25.2. The van der Waals surface area contributed by atoms with Gasteiger partial charge in [0.15, 0.2) is 0 Å². The van der Waals surface area contributed by atoms with Crippen molar-refractivity contribution < 1.29 is 19.4 Å². The van der Waals surface area contributed by atoms with Crippen molar-refractivity contribution in [2.75, 3.05) is 6.61 Å². The normalized spacial score (nSPS) is 19.1. The number of rotatable bonds is 6. The van der Waals surface area contributed by atoms with Crippen LogP contribution in [0.4, 0.5) is 0 Å². The summed E-state index contributed by atoms with van der Waals surface area (Å²) in [5, 5.41) is 16.5. The monoisotopic (exact) mass is 380 g/mol. The average molecular weight is 380 g/mol. The maximum absolute atomic E-state index is 13.1. The Bertz CT molecular complexity index is 836. The van der Waals surface area contributed by atoms with E-state index >= 15 is 0 Å². The Morgan fingerprint density at radius 1 is 1.11 bits per heavy atom. The molecule has 0 bridgehead atoms. The number of aliphatic hydroxyl groups is 1. The summed E-state index contributed by atoms with van der Waals surface area (Å²) in [5.41, 5.74) is 1.88. The first-order valence-corrected chi connectivity index (χ1v) is 9.45. The molecule has 6 heteroatoms. The Kier molecular flexibility index (Phi) is 6.55. The molecule has 1 aliphatic rings. The van der Waals surface area contributed by atoms with Crippen molar-refractivity contribution in [2.24, 2.45) is 5.10 Å². The van der Waals surface area contributed by atoms with E-state index < -0.39 is 18.1 Å². The molecule has 0 fully saturated rings. The van der Waals surface area contributed by atoms with Gasteiger partial charge in [-0.05, 0) is 24.1 Å². The second kappa shape index (κ2) is 9.28. The number of amides is 1. The SMILES string of the molecule is CCCOC(=O)C[C@@H]1[C@H](O)CC(c2ccccc2)=NN1C(=O)c1ccccc1. The number of esters is 1. The number of benzene rings is 2. The van der Waals surface area contributed by atoms with Crippen molar-refractivity contribution in [2.45, 2.75) is 38.3 Å². The average Bonchev–Trinajstić information content (AvgIpc) is 2.74. The van der Waals surface area contributed by atoms with Crippen LogP contribution in [0.25, 0.3) is 0 Å². The number of hydrazone groups is 1. The summed E-state index contributed by atoms with van der Waals surface area (Å²) in [5.74, 6) is -0.809. The van der Waals surface area contributed by atoms with Crippen molar-refractivity contribution in [3.63, 3.8) is 0 Å². The van der Waals surface area contributed by atoms with Crippen LogP contribution < -0.4 is 0 Å². The molecule has 0 saturated heterocycles. The van der Waals surface area contributed by atoms with Gasteiger partial charge < -0.3 is 9.84 Å². The Morgan fingerprint density at radius 2 is 1.75 bits per heavy atom. The molecule has 1 N–H and O–H groups in total. The van der Waals surface area contributed by atoms with E-state index in [9.17, 15) is 14.7 Å². The first-order chi connectivity index (χ1) is 13.6. The summed E-state index contributed by atoms with van der Waals surface area (Å²) in [6.07, 6.45) is -0.0591. The molecule has 1 aliphatic heterocycles. The highest BCUT2D eigenvalue weighted by Crippen LogP contribution is 2.25. The van der Waals surface area contributed by atoms with E-state index in [1.165, 1.54) is 5.01 Å². The van der Waals surface area contributed by atoms with Crippen LogP contribution in [-0.2, 0) is 9.53 Å². The van der Waals surface area contributed by atoms with Gasteiger partial charge in [0.1, 0.15) is 0 Å². The summed E-state index contributed by atoms with van der Waals surface area (Å²) >= 11 is 0. The molecule has 1 heterocycles. The highest BCUT2D eigenvalue weighted by atomic mass is 16.5. The lowest BCUT2D eigenvalue weighted by atomic mass is 9.95. The Morgan fingerprint density at radius 3 is 2.39 bits per heavy atom. The van der Waals surface area contributed by atoms with Crippen molar-refractivity contribution >= 4 is 17.6 Å². The molecular weight excluding hydrogens is 356 g/mol. The number of hydrogen-bond acceptors (Lipinski definition) is 5. The fourth-order valence-electron chi connectivity index (χ4n) is 3.13. The predicted molar refractivity (Wildman–Crippen MR) is 106 cm³/mol. The van der Waals surface area contributed by atoms with Crippen molar-refractivity contribution in [1.29, 1.82) is 0 Å². The molecule has 2 aromatic carbocycles. The third kappa shape index (κ3) is 4.64. The first kappa shape index (κ1) is 19.8. The molecule has 0 unspecified atom stereocenters. The molecule has 6 nitrogen and oxygen atoms in total. The van der Waals surface area contributed by atoms with Gasteiger partial charge in [0.05, 0.1) is 30.9 Å². The lowest BCUT2D eigenvalue weighted by Gasteiger charge is -2.35. The van der Waals surface area contributed by atoms with Crippen LogP contribution in [0.3, 0.4) is 0 Å². The second-order valence-corrected chi connectivity index (χ2v) is 6.69. The minimum Gasteiger partial charge on any atom is -0.466 e. The van der Waals surface area contributed by atoms with Crippen LogP contribution in [-0.4, -0.2) is 46.5 Å². The molecule has 0 radical (unpaired) electrons. The Hall–Kier alpha value is -2.99. The molecule has 2 atom stereocenters. The van der Waals surface area contributed by atoms with Gasteiger partial charge >= 0.3 is 5.97 Å². The lowest BCUT2D eigenvalue weighted by Crippen LogP contribution is -2.50. The maximum atomic E-state index is 13.1. The maximum Gasteiger partial charge on any atom is 0.308 e. The van der Waals surface area contributed by atoms with E-state index in [0.29, 0.717) is 24.3 Å². The topological polar surface area (TPSA) is 79.2 Å². The third-order valence-electron chi connectivity index (χ3n) is 4.57. The molecule has 28 heavy (non-hydrogen) atoms. The minimum atomic E-state index is -0.922. The summed E-state index contributed by atoms with van der Waals surface area (Å²) < 4.78 is 5.15. The van der Waals surface area contributed by atoms with Crippen LogP contribution in [0.2, 0.25) is 0 Å². The fourth-order valence-corrected chi connectivity index (χ4v) is 3.13. The largest absolute Gasteiger partial charge is 0.466 e. The van der Waals surface area contributed by atoms with E-state index in [2.05, 4.69) is 5.10 Å².